The van der Waals surface area contributed by atoms with Crippen LogP contribution in [0.4, 0.5) is 0 Å². The van der Waals surface area contributed by atoms with Gasteiger partial charge in [-0.15, -0.1) is 0 Å². The van der Waals surface area contributed by atoms with Gasteiger partial charge in [0.15, 0.2) is 0 Å². The van der Waals surface area contributed by atoms with Gasteiger partial charge in [-0.25, -0.2) is 0 Å². The predicted octanol–water partition coefficient (Wildman–Crippen LogP) is 2.91. The number of hydrogen-bond donors (Lipinski definition) is 2. The van der Waals surface area contributed by atoms with E-state index in [4.69, 9.17) is 27.2 Å². The molecule has 0 aliphatic heterocycles. The monoisotopic (exact) mass is 291 g/mol. The van der Waals surface area contributed by atoms with Crippen molar-refractivity contribution in [2.24, 2.45) is 5.73 Å². The molecule has 3 nitrogen and oxygen atoms in total. The second-order valence-corrected chi connectivity index (χ2v) is 4.94. The maximum Gasteiger partial charge on any atom is 0.119 e. The molecule has 0 amide bonds. The van der Waals surface area contributed by atoms with E-state index in [2.05, 4.69) is 0 Å². The second-order valence-electron chi connectivity index (χ2n) is 4.54. The number of rotatable bonds is 6. The van der Waals surface area contributed by atoms with Crippen molar-refractivity contribution in [2.45, 2.75) is 19.6 Å². The Hall–Kier alpha value is -1.55. The molecule has 0 fully saturated rings. The smallest absolute Gasteiger partial charge is 0.119 e. The van der Waals surface area contributed by atoms with Crippen LogP contribution in [0.1, 0.15) is 16.7 Å². The molecule has 4 heteroatoms. The Morgan fingerprint density at radius 3 is 2.35 bits per heavy atom. The van der Waals surface area contributed by atoms with Crippen LogP contribution in [0, 0.1) is 0 Å². The minimum absolute atomic E-state index is 0.156. The summed E-state index contributed by atoms with van der Waals surface area (Å²) in [5.41, 5.74) is 8.59. The molecule has 0 atom stereocenters. The van der Waals surface area contributed by atoms with Crippen LogP contribution in [0.2, 0.25) is 5.02 Å². The standard InChI is InChI=1S/C16H18ClNO2/c17-16-9-13(10-18)1-4-14(16)11-20-15-5-2-12(3-6-15)7-8-19/h1-6,9,19H,7-8,10-11,18H2. The van der Waals surface area contributed by atoms with Gasteiger partial charge in [-0.1, -0.05) is 35.9 Å². The third-order valence-corrected chi connectivity index (χ3v) is 3.42. The van der Waals surface area contributed by atoms with Gasteiger partial charge >= 0.3 is 0 Å². The van der Waals surface area contributed by atoms with E-state index in [1.165, 1.54) is 0 Å². The molecule has 0 spiro atoms. The third-order valence-electron chi connectivity index (χ3n) is 3.07. The van der Waals surface area contributed by atoms with Crippen LogP contribution in [-0.2, 0) is 19.6 Å². The molecule has 0 heterocycles. The van der Waals surface area contributed by atoms with E-state index in [1.54, 1.807) is 0 Å². The normalized spacial score (nSPS) is 10.6. The fourth-order valence-electron chi connectivity index (χ4n) is 1.88. The van der Waals surface area contributed by atoms with Gasteiger partial charge in [0.05, 0.1) is 0 Å². The van der Waals surface area contributed by atoms with E-state index in [9.17, 15) is 0 Å². The summed E-state index contributed by atoms with van der Waals surface area (Å²) in [6.07, 6.45) is 0.659. The molecule has 0 bridgehead atoms. The molecule has 0 saturated carbocycles. The molecular formula is C16H18ClNO2. The quantitative estimate of drug-likeness (QED) is 0.860. The summed E-state index contributed by atoms with van der Waals surface area (Å²) in [6.45, 7) is 1.06. The van der Waals surface area contributed by atoms with E-state index in [0.29, 0.717) is 24.6 Å². The van der Waals surface area contributed by atoms with Crippen LogP contribution in [0.25, 0.3) is 0 Å². The number of benzene rings is 2. The van der Waals surface area contributed by atoms with E-state index in [0.717, 1.165) is 22.4 Å². The lowest BCUT2D eigenvalue weighted by Gasteiger charge is -2.09. The lowest BCUT2D eigenvalue weighted by Crippen LogP contribution is -2.00. The van der Waals surface area contributed by atoms with Gasteiger partial charge < -0.3 is 15.6 Å². The SMILES string of the molecule is NCc1ccc(COc2ccc(CCO)cc2)c(Cl)c1. The maximum atomic E-state index is 8.86. The van der Waals surface area contributed by atoms with Crippen molar-refractivity contribution in [3.8, 4) is 5.75 Å². The van der Waals surface area contributed by atoms with Crippen molar-refractivity contribution >= 4 is 11.6 Å². The van der Waals surface area contributed by atoms with Crippen LogP contribution >= 0.6 is 11.6 Å². The molecule has 0 aliphatic carbocycles. The minimum Gasteiger partial charge on any atom is -0.489 e. The third kappa shape index (κ3) is 3.97. The Morgan fingerprint density at radius 2 is 1.75 bits per heavy atom. The lowest BCUT2D eigenvalue weighted by atomic mass is 10.1. The Bertz CT molecular complexity index is 555. The highest BCUT2D eigenvalue weighted by molar-refractivity contribution is 6.31. The molecule has 2 aromatic rings. The average molecular weight is 292 g/mol. The number of ether oxygens (including phenoxy) is 1. The fourth-order valence-corrected chi connectivity index (χ4v) is 2.14. The first-order valence-corrected chi connectivity index (χ1v) is 6.90. The molecule has 0 aliphatic rings. The van der Waals surface area contributed by atoms with E-state index in [-0.39, 0.29) is 6.61 Å². The van der Waals surface area contributed by atoms with Gasteiger partial charge in [0, 0.05) is 23.7 Å². The van der Waals surface area contributed by atoms with Gasteiger partial charge in [0.2, 0.25) is 0 Å². The predicted molar refractivity (Wildman–Crippen MR) is 80.9 cm³/mol. The molecule has 0 saturated heterocycles. The first-order valence-electron chi connectivity index (χ1n) is 6.53. The number of aliphatic hydroxyl groups is 1. The maximum absolute atomic E-state index is 8.86. The highest BCUT2D eigenvalue weighted by Crippen LogP contribution is 2.20. The zero-order valence-corrected chi connectivity index (χ0v) is 11.9. The second kappa shape index (κ2) is 7.29. The van der Waals surface area contributed by atoms with E-state index >= 15 is 0 Å². The van der Waals surface area contributed by atoms with E-state index < -0.39 is 0 Å². The number of halogens is 1. The highest BCUT2D eigenvalue weighted by Gasteiger charge is 2.03. The molecule has 2 aromatic carbocycles. The fraction of sp³-hybridized carbons (Fsp3) is 0.250. The molecular weight excluding hydrogens is 274 g/mol. The zero-order valence-electron chi connectivity index (χ0n) is 11.2. The molecule has 106 valence electrons. The molecule has 2 rings (SSSR count). The Labute approximate surface area is 123 Å². The first kappa shape index (κ1) is 14.9. The molecule has 0 unspecified atom stereocenters. The van der Waals surface area contributed by atoms with Crippen LogP contribution in [0.5, 0.6) is 5.75 Å². The van der Waals surface area contributed by atoms with Crippen molar-refractivity contribution in [3.63, 3.8) is 0 Å². The largest absolute Gasteiger partial charge is 0.489 e. The van der Waals surface area contributed by atoms with Crippen molar-refractivity contribution < 1.29 is 9.84 Å². The van der Waals surface area contributed by atoms with Gasteiger partial charge in [-0.2, -0.15) is 0 Å². The number of nitrogens with two attached hydrogens (primary N) is 1. The van der Waals surface area contributed by atoms with Crippen LogP contribution < -0.4 is 10.5 Å². The van der Waals surface area contributed by atoms with Crippen molar-refractivity contribution in [3.05, 3.63) is 64.2 Å². The minimum atomic E-state index is 0.156. The van der Waals surface area contributed by atoms with Gasteiger partial charge in [0.25, 0.3) is 0 Å². The topological polar surface area (TPSA) is 55.5 Å². The summed E-state index contributed by atoms with van der Waals surface area (Å²) in [5.74, 6) is 0.783. The van der Waals surface area contributed by atoms with Crippen molar-refractivity contribution in [2.75, 3.05) is 6.61 Å². The van der Waals surface area contributed by atoms with Gasteiger partial charge in [0.1, 0.15) is 12.4 Å². The Kier molecular flexibility index (Phi) is 5.41. The molecule has 20 heavy (non-hydrogen) atoms. The Balaban J connectivity index is 1.97. The summed E-state index contributed by atoms with van der Waals surface area (Å²) < 4.78 is 5.70. The highest BCUT2D eigenvalue weighted by atomic mass is 35.5. The summed E-state index contributed by atoms with van der Waals surface area (Å²) in [5, 5.41) is 9.53. The summed E-state index contributed by atoms with van der Waals surface area (Å²) in [4.78, 5) is 0. The zero-order chi connectivity index (χ0) is 14.4. The Morgan fingerprint density at radius 1 is 1.05 bits per heavy atom. The molecule has 3 N–H and O–H groups in total. The lowest BCUT2D eigenvalue weighted by molar-refractivity contribution is 0.298. The summed E-state index contributed by atoms with van der Waals surface area (Å²) in [6, 6.07) is 13.4. The van der Waals surface area contributed by atoms with Crippen molar-refractivity contribution in [1.29, 1.82) is 0 Å². The summed E-state index contributed by atoms with van der Waals surface area (Å²) >= 11 is 6.18. The van der Waals surface area contributed by atoms with Gasteiger partial charge in [-0.3, -0.25) is 0 Å². The first-order chi connectivity index (χ1) is 9.72. The van der Waals surface area contributed by atoms with Crippen LogP contribution in [-0.4, -0.2) is 11.7 Å². The summed E-state index contributed by atoms with van der Waals surface area (Å²) in [7, 11) is 0. The van der Waals surface area contributed by atoms with Crippen LogP contribution in [0.15, 0.2) is 42.5 Å². The molecule has 0 aromatic heterocycles. The number of hydrogen-bond acceptors (Lipinski definition) is 3. The van der Waals surface area contributed by atoms with Crippen molar-refractivity contribution in [1.82, 2.24) is 0 Å². The number of aliphatic hydroxyl groups excluding tert-OH is 1. The van der Waals surface area contributed by atoms with Gasteiger partial charge in [-0.05, 0) is 35.7 Å². The van der Waals surface area contributed by atoms with Crippen LogP contribution in [0.3, 0.4) is 0 Å². The van der Waals surface area contributed by atoms with E-state index in [1.807, 2.05) is 42.5 Å². The average Bonchev–Trinajstić information content (AvgIpc) is 2.48. The molecule has 0 radical (unpaired) electrons.